The van der Waals surface area contributed by atoms with Gasteiger partial charge in [-0.25, -0.2) is 4.98 Å². The van der Waals surface area contributed by atoms with Crippen LogP contribution in [0.3, 0.4) is 0 Å². The van der Waals surface area contributed by atoms with Gasteiger partial charge in [-0.1, -0.05) is 72.8 Å². The summed E-state index contributed by atoms with van der Waals surface area (Å²) in [5, 5.41) is 6.04. The molecule has 0 saturated carbocycles. The molecule has 0 aliphatic heterocycles. The van der Waals surface area contributed by atoms with Gasteiger partial charge in [-0.2, -0.15) is 0 Å². The third-order valence-corrected chi connectivity index (χ3v) is 6.54. The standard InChI is InChI=1S/C29H23N3OS/c33-28(18-26(21-9-3-1-4-10-21)22-11-5-2-6-12-22)31-25-15-7-13-23(17-25)27-20-34-29(32-27)24-14-8-16-30-19-24/h1-17,19-20,26H,18H2,(H,31,33). The maximum atomic E-state index is 13.1. The van der Waals surface area contributed by atoms with Crippen LogP contribution in [0, 0.1) is 0 Å². The van der Waals surface area contributed by atoms with Crippen molar-refractivity contribution in [3.63, 3.8) is 0 Å². The van der Waals surface area contributed by atoms with Crippen molar-refractivity contribution in [2.24, 2.45) is 0 Å². The highest BCUT2D eigenvalue weighted by Crippen LogP contribution is 2.31. The molecule has 0 aliphatic rings. The lowest BCUT2D eigenvalue weighted by Crippen LogP contribution is -2.16. The fourth-order valence-corrected chi connectivity index (χ4v) is 4.80. The van der Waals surface area contributed by atoms with Gasteiger partial charge in [-0.3, -0.25) is 9.78 Å². The van der Waals surface area contributed by atoms with Crippen LogP contribution in [0.1, 0.15) is 23.5 Å². The summed E-state index contributed by atoms with van der Waals surface area (Å²) in [6.07, 6.45) is 3.93. The van der Waals surface area contributed by atoms with Crippen molar-refractivity contribution >= 4 is 22.9 Å². The number of nitrogens with one attached hydrogen (secondary N) is 1. The summed E-state index contributed by atoms with van der Waals surface area (Å²) in [5.74, 6) is -0.0321. The van der Waals surface area contributed by atoms with Gasteiger partial charge in [0.15, 0.2) is 0 Å². The van der Waals surface area contributed by atoms with E-state index in [0.717, 1.165) is 38.6 Å². The number of amides is 1. The molecule has 1 N–H and O–H groups in total. The van der Waals surface area contributed by atoms with E-state index in [-0.39, 0.29) is 11.8 Å². The minimum absolute atomic E-state index is 0.00818. The minimum Gasteiger partial charge on any atom is -0.326 e. The van der Waals surface area contributed by atoms with Gasteiger partial charge in [0.1, 0.15) is 5.01 Å². The number of nitrogens with zero attached hydrogens (tertiary/aromatic N) is 2. The Morgan fingerprint density at radius 1 is 0.824 bits per heavy atom. The van der Waals surface area contributed by atoms with Gasteiger partial charge in [0.05, 0.1) is 5.69 Å². The summed E-state index contributed by atoms with van der Waals surface area (Å²) in [6, 6.07) is 32.1. The molecule has 3 aromatic carbocycles. The van der Waals surface area contributed by atoms with Crippen molar-refractivity contribution in [3.05, 3.63) is 126 Å². The topological polar surface area (TPSA) is 54.9 Å². The average Bonchev–Trinajstić information content (AvgIpc) is 3.40. The Morgan fingerprint density at radius 2 is 1.53 bits per heavy atom. The average molecular weight is 462 g/mol. The van der Waals surface area contributed by atoms with Crippen LogP contribution in [0.25, 0.3) is 21.8 Å². The highest BCUT2D eigenvalue weighted by atomic mass is 32.1. The Balaban J connectivity index is 1.33. The van der Waals surface area contributed by atoms with Crippen molar-refractivity contribution < 1.29 is 4.79 Å². The number of carbonyl (C=O) groups excluding carboxylic acids is 1. The molecule has 34 heavy (non-hydrogen) atoms. The minimum atomic E-state index is -0.0239. The number of hydrogen-bond acceptors (Lipinski definition) is 4. The second-order valence-electron chi connectivity index (χ2n) is 7.99. The molecular formula is C29H23N3OS. The Kier molecular flexibility index (Phi) is 6.54. The summed E-state index contributed by atoms with van der Waals surface area (Å²) in [7, 11) is 0. The van der Waals surface area contributed by atoms with Crippen LogP contribution in [0.2, 0.25) is 0 Å². The highest BCUT2D eigenvalue weighted by Gasteiger charge is 2.18. The summed E-state index contributed by atoms with van der Waals surface area (Å²) < 4.78 is 0. The summed E-state index contributed by atoms with van der Waals surface area (Å²) in [5.41, 5.74) is 5.86. The van der Waals surface area contributed by atoms with Crippen molar-refractivity contribution in [2.75, 3.05) is 5.32 Å². The molecule has 0 bridgehead atoms. The lowest BCUT2D eigenvalue weighted by molar-refractivity contribution is -0.116. The van der Waals surface area contributed by atoms with Gasteiger partial charge in [-0.05, 0) is 35.4 Å². The third-order valence-electron chi connectivity index (χ3n) is 5.65. The normalized spacial score (nSPS) is 10.9. The first-order valence-corrected chi connectivity index (χ1v) is 12.0. The quantitative estimate of drug-likeness (QED) is 0.283. The van der Waals surface area contributed by atoms with E-state index >= 15 is 0 Å². The molecule has 0 spiro atoms. The second-order valence-corrected chi connectivity index (χ2v) is 8.84. The molecule has 2 heterocycles. The van der Waals surface area contributed by atoms with E-state index in [1.165, 1.54) is 0 Å². The Labute approximate surface area is 203 Å². The summed E-state index contributed by atoms with van der Waals surface area (Å²) in [4.78, 5) is 22.0. The predicted octanol–water partition coefficient (Wildman–Crippen LogP) is 7.03. The molecule has 0 fully saturated rings. The molecule has 0 radical (unpaired) electrons. The van der Waals surface area contributed by atoms with Crippen LogP contribution in [-0.4, -0.2) is 15.9 Å². The largest absolute Gasteiger partial charge is 0.326 e. The van der Waals surface area contributed by atoms with Crippen LogP contribution in [-0.2, 0) is 4.79 Å². The second kappa shape index (κ2) is 10.2. The fraction of sp³-hybridized carbons (Fsp3) is 0.0690. The number of pyridine rings is 1. The van der Waals surface area contributed by atoms with Gasteiger partial charge in [0.25, 0.3) is 0 Å². The number of rotatable bonds is 7. The highest BCUT2D eigenvalue weighted by molar-refractivity contribution is 7.13. The molecule has 5 rings (SSSR count). The van der Waals surface area contributed by atoms with Gasteiger partial charge >= 0.3 is 0 Å². The predicted molar refractivity (Wildman–Crippen MR) is 139 cm³/mol. The molecule has 0 unspecified atom stereocenters. The first-order chi connectivity index (χ1) is 16.8. The molecule has 5 aromatic rings. The molecule has 0 saturated heterocycles. The van der Waals surface area contributed by atoms with Crippen molar-refractivity contribution in [2.45, 2.75) is 12.3 Å². The number of anilines is 1. The SMILES string of the molecule is O=C(CC(c1ccccc1)c1ccccc1)Nc1cccc(-c2csc(-c3cccnc3)n2)c1. The lowest BCUT2D eigenvalue weighted by Gasteiger charge is -2.18. The molecule has 166 valence electrons. The van der Waals surface area contributed by atoms with Gasteiger partial charge in [-0.15, -0.1) is 11.3 Å². The van der Waals surface area contributed by atoms with Crippen LogP contribution in [0.5, 0.6) is 0 Å². The van der Waals surface area contributed by atoms with Crippen LogP contribution in [0.15, 0.2) is 115 Å². The third kappa shape index (κ3) is 5.11. The van der Waals surface area contributed by atoms with Crippen molar-refractivity contribution in [1.82, 2.24) is 9.97 Å². The number of carbonyl (C=O) groups is 1. The van der Waals surface area contributed by atoms with Crippen LogP contribution >= 0.6 is 11.3 Å². The maximum Gasteiger partial charge on any atom is 0.225 e. The zero-order valence-corrected chi connectivity index (χ0v) is 19.3. The Hall–Kier alpha value is -4.09. The van der Waals surface area contributed by atoms with Crippen LogP contribution < -0.4 is 5.32 Å². The van der Waals surface area contributed by atoms with Crippen molar-refractivity contribution in [3.8, 4) is 21.8 Å². The van der Waals surface area contributed by atoms with Gasteiger partial charge < -0.3 is 5.32 Å². The van der Waals surface area contributed by atoms with E-state index in [1.807, 2.05) is 84.4 Å². The van der Waals surface area contributed by atoms with E-state index in [1.54, 1.807) is 17.5 Å². The maximum absolute atomic E-state index is 13.1. The Bertz CT molecular complexity index is 1330. The summed E-state index contributed by atoms with van der Waals surface area (Å²) >= 11 is 1.58. The number of benzene rings is 3. The smallest absolute Gasteiger partial charge is 0.225 e. The molecule has 4 nitrogen and oxygen atoms in total. The zero-order chi connectivity index (χ0) is 23.2. The number of hydrogen-bond donors (Lipinski definition) is 1. The van der Waals surface area contributed by atoms with Gasteiger partial charge in [0, 0.05) is 46.9 Å². The van der Waals surface area contributed by atoms with E-state index in [0.29, 0.717) is 6.42 Å². The molecule has 5 heteroatoms. The van der Waals surface area contributed by atoms with Crippen molar-refractivity contribution in [1.29, 1.82) is 0 Å². The van der Waals surface area contributed by atoms with E-state index in [9.17, 15) is 4.79 Å². The lowest BCUT2D eigenvalue weighted by atomic mass is 9.88. The van der Waals surface area contributed by atoms with E-state index < -0.39 is 0 Å². The number of aromatic nitrogens is 2. The molecule has 2 aromatic heterocycles. The Morgan fingerprint density at radius 3 is 2.21 bits per heavy atom. The zero-order valence-electron chi connectivity index (χ0n) is 18.5. The van der Waals surface area contributed by atoms with Crippen LogP contribution in [0.4, 0.5) is 5.69 Å². The van der Waals surface area contributed by atoms with Gasteiger partial charge in [0.2, 0.25) is 5.91 Å². The number of thiazole rings is 1. The summed E-state index contributed by atoms with van der Waals surface area (Å²) in [6.45, 7) is 0. The molecule has 0 atom stereocenters. The molecular weight excluding hydrogens is 438 g/mol. The first-order valence-electron chi connectivity index (χ1n) is 11.1. The van der Waals surface area contributed by atoms with E-state index in [2.05, 4.69) is 34.6 Å². The fourth-order valence-electron chi connectivity index (χ4n) is 3.98. The molecule has 0 aliphatic carbocycles. The molecule has 1 amide bonds. The van der Waals surface area contributed by atoms with E-state index in [4.69, 9.17) is 4.98 Å². The monoisotopic (exact) mass is 461 g/mol. The first kappa shape index (κ1) is 21.7.